The van der Waals surface area contributed by atoms with Gasteiger partial charge in [0.1, 0.15) is 12.1 Å². The van der Waals surface area contributed by atoms with Crippen LogP contribution in [0.5, 0.6) is 5.75 Å². The van der Waals surface area contributed by atoms with Gasteiger partial charge in [0.05, 0.1) is 35.9 Å². The van der Waals surface area contributed by atoms with E-state index >= 15 is 0 Å². The second-order valence-electron chi connectivity index (χ2n) is 8.44. The van der Waals surface area contributed by atoms with Crippen LogP contribution in [0.3, 0.4) is 0 Å². The third kappa shape index (κ3) is 4.26. The van der Waals surface area contributed by atoms with Crippen molar-refractivity contribution in [2.75, 3.05) is 31.2 Å². The van der Waals surface area contributed by atoms with Crippen LogP contribution in [-0.4, -0.2) is 52.2 Å². The van der Waals surface area contributed by atoms with Crippen molar-refractivity contribution >= 4 is 16.6 Å². The first-order valence-corrected chi connectivity index (χ1v) is 11.0. The van der Waals surface area contributed by atoms with E-state index in [0.29, 0.717) is 5.92 Å². The van der Waals surface area contributed by atoms with Crippen molar-refractivity contribution in [3.8, 4) is 5.75 Å². The van der Waals surface area contributed by atoms with E-state index in [-0.39, 0.29) is 6.10 Å². The predicted octanol–water partition coefficient (Wildman–Crippen LogP) is 3.38. The van der Waals surface area contributed by atoms with E-state index in [2.05, 4.69) is 38.2 Å². The quantitative estimate of drug-likeness (QED) is 0.646. The normalized spacial score (nSPS) is 22.4. The molecule has 0 atom stereocenters. The first-order chi connectivity index (χ1) is 14.7. The Morgan fingerprint density at radius 2 is 1.97 bits per heavy atom. The van der Waals surface area contributed by atoms with Crippen molar-refractivity contribution in [2.24, 2.45) is 13.0 Å². The van der Waals surface area contributed by atoms with E-state index < -0.39 is 0 Å². The lowest BCUT2D eigenvalue weighted by Crippen LogP contribution is -2.36. The average molecular weight is 408 g/mol. The second kappa shape index (κ2) is 8.60. The molecule has 0 bridgehead atoms. The number of fused-ring (bicyclic) bond motifs is 1. The zero-order valence-electron chi connectivity index (χ0n) is 17.5. The average Bonchev–Trinajstić information content (AvgIpc) is 3.20. The highest BCUT2D eigenvalue weighted by molar-refractivity contribution is 5.88. The molecule has 3 heterocycles. The Balaban J connectivity index is 1.29. The summed E-state index contributed by atoms with van der Waals surface area (Å²) in [6.07, 6.45) is 11.3. The summed E-state index contributed by atoms with van der Waals surface area (Å²) in [6, 6.07) is 6.43. The van der Waals surface area contributed by atoms with Crippen LogP contribution in [0.15, 0.2) is 36.9 Å². The zero-order chi connectivity index (χ0) is 20.3. The number of morpholine rings is 1. The zero-order valence-corrected chi connectivity index (χ0v) is 17.5. The van der Waals surface area contributed by atoms with Crippen LogP contribution in [0.2, 0.25) is 0 Å². The van der Waals surface area contributed by atoms with E-state index in [0.717, 1.165) is 67.9 Å². The largest absolute Gasteiger partial charge is 0.490 e. The first-order valence-electron chi connectivity index (χ1n) is 11.0. The summed E-state index contributed by atoms with van der Waals surface area (Å²) in [5, 5.41) is 5.53. The van der Waals surface area contributed by atoms with Gasteiger partial charge < -0.3 is 14.4 Å². The van der Waals surface area contributed by atoms with Crippen molar-refractivity contribution in [2.45, 2.75) is 38.2 Å². The minimum atomic E-state index is 0.244. The van der Waals surface area contributed by atoms with Gasteiger partial charge in [-0.2, -0.15) is 5.10 Å². The molecule has 2 aromatic heterocycles. The van der Waals surface area contributed by atoms with E-state index in [9.17, 15) is 0 Å². The highest BCUT2D eigenvalue weighted by atomic mass is 16.5. The fraction of sp³-hybridized carbons (Fsp3) is 0.522. The number of aryl methyl sites for hydroxylation is 1. The second-order valence-corrected chi connectivity index (χ2v) is 8.44. The van der Waals surface area contributed by atoms with Gasteiger partial charge in [0.15, 0.2) is 0 Å². The molecule has 1 aromatic carbocycles. The molecule has 5 rings (SSSR count). The summed E-state index contributed by atoms with van der Waals surface area (Å²) in [7, 11) is 1.98. The Morgan fingerprint density at radius 3 is 2.73 bits per heavy atom. The lowest BCUT2D eigenvalue weighted by atomic mass is 9.84. The Labute approximate surface area is 177 Å². The van der Waals surface area contributed by atoms with Crippen molar-refractivity contribution in [1.82, 2.24) is 19.7 Å². The molecule has 0 radical (unpaired) electrons. The minimum Gasteiger partial charge on any atom is -0.490 e. The van der Waals surface area contributed by atoms with E-state index in [1.165, 1.54) is 18.5 Å². The van der Waals surface area contributed by atoms with Gasteiger partial charge in [-0.05, 0) is 50.2 Å². The highest BCUT2D eigenvalue weighted by Gasteiger charge is 2.24. The Kier molecular flexibility index (Phi) is 5.53. The van der Waals surface area contributed by atoms with E-state index in [1.54, 1.807) is 6.33 Å². The molecule has 1 saturated carbocycles. The minimum absolute atomic E-state index is 0.244. The lowest BCUT2D eigenvalue weighted by Gasteiger charge is -2.31. The summed E-state index contributed by atoms with van der Waals surface area (Å²) in [5.74, 6) is 1.60. The number of benzene rings is 1. The summed E-state index contributed by atoms with van der Waals surface area (Å²) in [6.45, 7) is 3.32. The molecule has 3 aromatic rings. The molecule has 2 fully saturated rings. The molecule has 1 saturated heterocycles. The number of rotatable bonds is 5. The third-order valence-electron chi connectivity index (χ3n) is 6.30. The number of anilines is 1. The molecular formula is C23H29N5O2. The van der Waals surface area contributed by atoms with E-state index in [1.807, 2.05) is 24.1 Å². The smallest absolute Gasteiger partial charge is 0.132 e. The summed E-state index contributed by atoms with van der Waals surface area (Å²) >= 11 is 0. The molecule has 0 unspecified atom stereocenters. The van der Waals surface area contributed by atoms with Gasteiger partial charge in [-0.25, -0.2) is 9.97 Å². The van der Waals surface area contributed by atoms with Crippen LogP contribution in [0.4, 0.5) is 5.69 Å². The number of ether oxygens (including phenoxy) is 2. The summed E-state index contributed by atoms with van der Waals surface area (Å²) in [5.41, 5.74) is 3.29. The maximum absolute atomic E-state index is 6.55. The fourth-order valence-electron chi connectivity index (χ4n) is 4.64. The molecule has 1 aliphatic carbocycles. The topological polar surface area (TPSA) is 65.3 Å². The van der Waals surface area contributed by atoms with Crippen LogP contribution in [0, 0.1) is 5.92 Å². The molecule has 0 amide bonds. The number of nitrogens with zero attached hydrogens (tertiary/aromatic N) is 5. The maximum atomic E-state index is 6.55. The molecule has 0 spiro atoms. The van der Waals surface area contributed by atoms with Crippen LogP contribution >= 0.6 is 0 Å². The Hall–Kier alpha value is -2.67. The van der Waals surface area contributed by atoms with Gasteiger partial charge in [-0.15, -0.1) is 0 Å². The first kappa shape index (κ1) is 19.3. The van der Waals surface area contributed by atoms with Crippen molar-refractivity contribution < 1.29 is 9.47 Å². The Morgan fingerprint density at radius 1 is 1.13 bits per heavy atom. The van der Waals surface area contributed by atoms with Crippen LogP contribution in [0.25, 0.3) is 10.9 Å². The molecule has 2 aliphatic rings. The number of hydrogen-bond donors (Lipinski definition) is 0. The number of aromatic nitrogens is 4. The molecule has 1 aliphatic heterocycles. The van der Waals surface area contributed by atoms with Gasteiger partial charge in [0.2, 0.25) is 0 Å². The highest BCUT2D eigenvalue weighted by Crippen LogP contribution is 2.35. The molecular weight excluding hydrogens is 378 g/mol. The molecule has 7 nitrogen and oxygen atoms in total. The van der Waals surface area contributed by atoms with Gasteiger partial charge in [0.25, 0.3) is 0 Å². The molecule has 30 heavy (non-hydrogen) atoms. The molecule has 7 heteroatoms. The van der Waals surface area contributed by atoms with E-state index in [4.69, 9.17) is 9.47 Å². The third-order valence-corrected chi connectivity index (χ3v) is 6.30. The van der Waals surface area contributed by atoms with Gasteiger partial charge in [-0.3, -0.25) is 4.68 Å². The van der Waals surface area contributed by atoms with Crippen LogP contribution in [0.1, 0.15) is 31.4 Å². The molecule has 158 valence electrons. The summed E-state index contributed by atoms with van der Waals surface area (Å²) in [4.78, 5) is 11.1. The predicted molar refractivity (Wildman–Crippen MR) is 116 cm³/mol. The van der Waals surface area contributed by atoms with Crippen LogP contribution < -0.4 is 9.64 Å². The number of hydrogen-bond acceptors (Lipinski definition) is 6. The van der Waals surface area contributed by atoms with Crippen LogP contribution in [-0.2, 0) is 18.2 Å². The SMILES string of the molecule is Cn1ccc(CC2CCC(Oc3cc(N4CCOCC4)cc4ncncc34)CC2)n1. The van der Waals surface area contributed by atoms with Gasteiger partial charge in [-0.1, -0.05) is 0 Å². The van der Waals surface area contributed by atoms with Gasteiger partial charge in [0, 0.05) is 44.3 Å². The monoisotopic (exact) mass is 407 g/mol. The van der Waals surface area contributed by atoms with Crippen molar-refractivity contribution in [1.29, 1.82) is 0 Å². The fourth-order valence-corrected chi connectivity index (χ4v) is 4.64. The lowest BCUT2D eigenvalue weighted by molar-refractivity contribution is 0.122. The molecule has 0 N–H and O–H groups in total. The van der Waals surface area contributed by atoms with Gasteiger partial charge >= 0.3 is 0 Å². The Bertz CT molecular complexity index is 990. The summed E-state index contributed by atoms with van der Waals surface area (Å²) < 4.78 is 13.9. The van der Waals surface area contributed by atoms with Crippen molar-refractivity contribution in [3.63, 3.8) is 0 Å². The standard InChI is InChI=1S/C23H29N5O2/c1-27-7-6-18(26-27)12-17-2-4-20(5-3-17)30-23-14-19(28-8-10-29-11-9-28)13-22-21(23)15-24-16-25-22/h6-7,13-17,20H,2-5,8-12H2,1H3. The van der Waals surface area contributed by atoms with Crippen molar-refractivity contribution in [3.05, 3.63) is 42.6 Å². The maximum Gasteiger partial charge on any atom is 0.132 e.